The number of nitrogens with one attached hydrogen (secondary N) is 1. The molecule has 4 nitrogen and oxygen atoms in total. The van der Waals surface area contributed by atoms with Crippen LogP contribution in [0.4, 0.5) is 0 Å². The number of ether oxygens (including phenoxy) is 1. The van der Waals surface area contributed by atoms with E-state index in [4.69, 9.17) is 15.9 Å². The molecule has 1 aromatic rings. The maximum absolute atomic E-state index is 7.55. The first kappa shape index (κ1) is 14.7. The van der Waals surface area contributed by atoms with Gasteiger partial charge in [-0.3, -0.25) is 10.3 Å². The molecule has 18 heavy (non-hydrogen) atoms. The summed E-state index contributed by atoms with van der Waals surface area (Å²) in [5, 5.41) is 7.55. The van der Waals surface area contributed by atoms with Crippen LogP contribution in [0.5, 0.6) is 0 Å². The summed E-state index contributed by atoms with van der Waals surface area (Å²) in [6, 6.07) is 7.77. The molecule has 0 spiro atoms. The molecule has 1 aromatic carbocycles. The summed E-state index contributed by atoms with van der Waals surface area (Å²) < 4.78 is 5.52. The standard InChI is InChI=1S/C14H23N3O/c1-11(2)18-9-8-17(3)10-12-6-4-5-7-13(12)14(15)16/h4-7,11H,8-10H2,1-3H3,(H3,15,16). The predicted molar refractivity (Wildman–Crippen MR) is 74.9 cm³/mol. The number of nitrogen functional groups attached to an aromatic ring is 1. The Labute approximate surface area is 109 Å². The van der Waals surface area contributed by atoms with Gasteiger partial charge in [0.15, 0.2) is 0 Å². The highest BCUT2D eigenvalue weighted by atomic mass is 16.5. The topological polar surface area (TPSA) is 62.3 Å². The molecule has 0 aliphatic heterocycles. The summed E-state index contributed by atoms with van der Waals surface area (Å²) in [5.74, 6) is 0.123. The highest BCUT2D eigenvalue weighted by molar-refractivity contribution is 5.96. The smallest absolute Gasteiger partial charge is 0.123 e. The Morgan fingerprint density at radius 1 is 1.39 bits per heavy atom. The van der Waals surface area contributed by atoms with Gasteiger partial charge in [-0.05, 0) is 26.5 Å². The monoisotopic (exact) mass is 249 g/mol. The quantitative estimate of drug-likeness (QED) is 0.572. The van der Waals surface area contributed by atoms with Crippen LogP contribution in [0.25, 0.3) is 0 Å². The lowest BCUT2D eigenvalue weighted by Gasteiger charge is -2.19. The number of hydrogen-bond acceptors (Lipinski definition) is 3. The SMILES string of the molecule is CC(C)OCCN(C)Cc1ccccc1C(=N)N. The van der Waals surface area contributed by atoms with Gasteiger partial charge in [-0.25, -0.2) is 0 Å². The van der Waals surface area contributed by atoms with Crippen LogP contribution < -0.4 is 5.73 Å². The largest absolute Gasteiger partial charge is 0.384 e. The Balaban J connectivity index is 2.53. The van der Waals surface area contributed by atoms with Crippen LogP contribution >= 0.6 is 0 Å². The molecule has 0 radical (unpaired) electrons. The fourth-order valence-electron chi connectivity index (χ4n) is 1.74. The Morgan fingerprint density at radius 2 is 2.06 bits per heavy atom. The van der Waals surface area contributed by atoms with Gasteiger partial charge in [0.1, 0.15) is 5.84 Å². The molecular formula is C14H23N3O. The fourth-order valence-corrected chi connectivity index (χ4v) is 1.74. The van der Waals surface area contributed by atoms with Crippen molar-refractivity contribution in [3.63, 3.8) is 0 Å². The Bertz CT molecular complexity index is 390. The Kier molecular flexibility index (Phi) is 5.82. The number of rotatable bonds is 7. The molecule has 0 aliphatic rings. The van der Waals surface area contributed by atoms with E-state index in [-0.39, 0.29) is 11.9 Å². The van der Waals surface area contributed by atoms with Crippen molar-refractivity contribution in [2.45, 2.75) is 26.5 Å². The van der Waals surface area contributed by atoms with Crippen LogP contribution in [0.1, 0.15) is 25.0 Å². The van der Waals surface area contributed by atoms with Gasteiger partial charge in [-0.2, -0.15) is 0 Å². The first-order valence-electron chi connectivity index (χ1n) is 6.23. The second-order valence-corrected chi connectivity index (χ2v) is 4.73. The minimum absolute atomic E-state index is 0.123. The first-order valence-corrected chi connectivity index (χ1v) is 6.23. The zero-order chi connectivity index (χ0) is 13.5. The molecule has 0 fully saturated rings. The second-order valence-electron chi connectivity index (χ2n) is 4.73. The van der Waals surface area contributed by atoms with E-state index in [0.717, 1.165) is 30.8 Å². The summed E-state index contributed by atoms with van der Waals surface area (Å²) in [5.41, 5.74) is 7.46. The molecule has 0 atom stereocenters. The fraction of sp³-hybridized carbons (Fsp3) is 0.500. The molecule has 0 saturated heterocycles. The van der Waals surface area contributed by atoms with Crippen molar-refractivity contribution in [3.05, 3.63) is 35.4 Å². The van der Waals surface area contributed by atoms with E-state index in [1.807, 2.05) is 45.2 Å². The first-order chi connectivity index (χ1) is 8.50. The van der Waals surface area contributed by atoms with Crippen LogP contribution in [0, 0.1) is 5.41 Å². The van der Waals surface area contributed by atoms with Crippen molar-refractivity contribution in [2.75, 3.05) is 20.2 Å². The number of nitrogens with zero attached hydrogens (tertiary/aromatic N) is 1. The molecule has 0 heterocycles. The van der Waals surface area contributed by atoms with E-state index in [2.05, 4.69) is 4.90 Å². The van der Waals surface area contributed by atoms with Crippen LogP contribution in [-0.2, 0) is 11.3 Å². The number of nitrogens with two attached hydrogens (primary N) is 1. The van der Waals surface area contributed by atoms with Gasteiger partial charge < -0.3 is 10.5 Å². The summed E-state index contributed by atoms with van der Waals surface area (Å²) in [6.45, 7) is 6.42. The predicted octanol–water partition coefficient (Wildman–Crippen LogP) is 1.83. The van der Waals surface area contributed by atoms with Crippen LogP contribution in [0.15, 0.2) is 24.3 Å². The maximum atomic E-state index is 7.55. The van der Waals surface area contributed by atoms with Crippen molar-refractivity contribution >= 4 is 5.84 Å². The number of benzene rings is 1. The summed E-state index contributed by atoms with van der Waals surface area (Å²) in [6.07, 6.45) is 0.267. The number of likely N-dealkylation sites (N-methyl/N-ethyl adjacent to an activating group) is 1. The zero-order valence-electron chi connectivity index (χ0n) is 11.4. The molecule has 0 aliphatic carbocycles. The lowest BCUT2D eigenvalue weighted by molar-refractivity contribution is 0.0627. The normalized spacial score (nSPS) is 11.2. The van der Waals surface area contributed by atoms with Gasteiger partial charge in [0, 0.05) is 18.7 Å². The van der Waals surface area contributed by atoms with Crippen molar-refractivity contribution in [2.24, 2.45) is 5.73 Å². The Hall–Kier alpha value is -1.39. The molecular weight excluding hydrogens is 226 g/mol. The van der Waals surface area contributed by atoms with Crippen LogP contribution in [-0.4, -0.2) is 37.0 Å². The summed E-state index contributed by atoms with van der Waals surface area (Å²) >= 11 is 0. The van der Waals surface area contributed by atoms with Crippen molar-refractivity contribution in [1.82, 2.24) is 4.90 Å². The van der Waals surface area contributed by atoms with E-state index in [1.165, 1.54) is 0 Å². The minimum Gasteiger partial charge on any atom is -0.384 e. The Morgan fingerprint density at radius 3 is 2.67 bits per heavy atom. The number of hydrogen-bond donors (Lipinski definition) is 2. The molecule has 0 saturated carbocycles. The van der Waals surface area contributed by atoms with E-state index in [9.17, 15) is 0 Å². The summed E-state index contributed by atoms with van der Waals surface area (Å²) in [4.78, 5) is 2.17. The minimum atomic E-state index is 0.123. The van der Waals surface area contributed by atoms with E-state index in [1.54, 1.807) is 0 Å². The molecule has 3 N–H and O–H groups in total. The van der Waals surface area contributed by atoms with E-state index in [0.29, 0.717) is 0 Å². The maximum Gasteiger partial charge on any atom is 0.123 e. The van der Waals surface area contributed by atoms with Gasteiger partial charge >= 0.3 is 0 Å². The van der Waals surface area contributed by atoms with Crippen LogP contribution in [0.2, 0.25) is 0 Å². The van der Waals surface area contributed by atoms with Gasteiger partial charge in [0.05, 0.1) is 12.7 Å². The molecule has 0 unspecified atom stereocenters. The van der Waals surface area contributed by atoms with E-state index >= 15 is 0 Å². The van der Waals surface area contributed by atoms with Gasteiger partial charge in [0.2, 0.25) is 0 Å². The lowest BCUT2D eigenvalue weighted by Crippen LogP contribution is -2.25. The van der Waals surface area contributed by atoms with E-state index < -0.39 is 0 Å². The second kappa shape index (κ2) is 7.13. The molecule has 0 bridgehead atoms. The van der Waals surface area contributed by atoms with Crippen molar-refractivity contribution in [3.8, 4) is 0 Å². The average molecular weight is 249 g/mol. The van der Waals surface area contributed by atoms with Crippen molar-refractivity contribution < 1.29 is 4.74 Å². The third-order valence-corrected chi connectivity index (χ3v) is 2.67. The van der Waals surface area contributed by atoms with Gasteiger partial charge in [-0.15, -0.1) is 0 Å². The molecule has 1 rings (SSSR count). The highest BCUT2D eigenvalue weighted by Gasteiger charge is 2.07. The third kappa shape index (κ3) is 4.85. The van der Waals surface area contributed by atoms with Gasteiger partial charge in [0.25, 0.3) is 0 Å². The average Bonchev–Trinajstić information content (AvgIpc) is 2.28. The molecule has 4 heteroatoms. The molecule has 0 amide bonds. The van der Waals surface area contributed by atoms with Gasteiger partial charge in [-0.1, -0.05) is 24.3 Å². The highest BCUT2D eigenvalue weighted by Crippen LogP contribution is 2.10. The molecule has 0 aromatic heterocycles. The lowest BCUT2D eigenvalue weighted by atomic mass is 10.1. The van der Waals surface area contributed by atoms with Crippen molar-refractivity contribution in [1.29, 1.82) is 5.41 Å². The third-order valence-electron chi connectivity index (χ3n) is 2.67. The molecule has 100 valence electrons. The number of amidine groups is 1. The summed E-state index contributed by atoms with van der Waals surface area (Å²) in [7, 11) is 2.04. The zero-order valence-corrected chi connectivity index (χ0v) is 11.4. The van der Waals surface area contributed by atoms with Crippen LogP contribution in [0.3, 0.4) is 0 Å².